The Morgan fingerprint density at radius 1 is 1.33 bits per heavy atom. The summed E-state index contributed by atoms with van der Waals surface area (Å²) in [5.41, 5.74) is 1.80. The van der Waals surface area contributed by atoms with Gasteiger partial charge >= 0.3 is 0 Å². The van der Waals surface area contributed by atoms with E-state index in [-0.39, 0.29) is 12.0 Å². The number of aromatic nitrogens is 2. The fourth-order valence-electron chi connectivity index (χ4n) is 2.74. The van der Waals surface area contributed by atoms with Crippen molar-refractivity contribution in [1.29, 1.82) is 0 Å². The molecule has 0 saturated carbocycles. The highest BCUT2D eigenvalue weighted by Crippen LogP contribution is 2.21. The second-order valence-corrected chi connectivity index (χ2v) is 5.75. The molecule has 1 atom stereocenters. The molecule has 1 unspecified atom stereocenters. The summed E-state index contributed by atoms with van der Waals surface area (Å²) >= 11 is 0. The van der Waals surface area contributed by atoms with Crippen molar-refractivity contribution in [2.24, 2.45) is 0 Å². The average molecular weight is 327 g/mol. The molecule has 1 aliphatic rings. The maximum absolute atomic E-state index is 12.6. The summed E-state index contributed by atoms with van der Waals surface area (Å²) in [5, 5.41) is 0. The minimum absolute atomic E-state index is 0.0965. The summed E-state index contributed by atoms with van der Waals surface area (Å²) in [5.74, 6) is 1.59. The lowest BCUT2D eigenvalue weighted by Gasteiger charge is -2.32. The standard InChI is InChI=1S/C18H21N3O3/c1-13-19-8-7-16(20-13)17-12-21(9-10-24-17)18(22)11-14-3-5-15(23-2)6-4-14/h3-8,17H,9-12H2,1-2H3. The number of rotatable bonds is 4. The number of benzene rings is 1. The van der Waals surface area contributed by atoms with Crippen LogP contribution in [-0.2, 0) is 16.0 Å². The number of hydrogen-bond donors (Lipinski definition) is 0. The Hall–Kier alpha value is -2.47. The second kappa shape index (κ2) is 7.40. The summed E-state index contributed by atoms with van der Waals surface area (Å²) < 4.78 is 10.9. The number of aryl methyl sites for hydroxylation is 1. The Labute approximate surface area is 141 Å². The zero-order chi connectivity index (χ0) is 16.9. The van der Waals surface area contributed by atoms with Gasteiger partial charge in [-0.2, -0.15) is 0 Å². The molecule has 1 amide bonds. The van der Waals surface area contributed by atoms with Crippen molar-refractivity contribution in [1.82, 2.24) is 14.9 Å². The number of carbonyl (C=O) groups excluding carboxylic acids is 1. The highest BCUT2D eigenvalue weighted by Gasteiger charge is 2.26. The van der Waals surface area contributed by atoms with Crippen LogP contribution in [0.2, 0.25) is 0 Å². The Bertz CT molecular complexity index is 703. The van der Waals surface area contributed by atoms with E-state index in [0.29, 0.717) is 31.9 Å². The van der Waals surface area contributed by atoms with Crippen LogP contribution in [0.3, 0.4) is 0 Å². The molecule has 1 fully saturated rings. The van der Waals surface area contributed by atoms with E-state index in [4.69, 9.17) is 9.47 Å². The molecule has 2 heterocycles. The highest BCUT2D eigenvalue weighted by molar-refractivity contribution is 5.79. The minimum atomic E-state index is -0.194. The molecule has 1 aliphatic heterocycles. The van der Waals surface area contributed by atoms with Gasteiger partial charge in [0.05, 0.1) is 32.4 Å². The van der Waals surface area contributed by atoms with E-state index in [1.807, 2.05) is 42.2 Å². The number of ether oxygens (including phenoxy) is 2. The number of morpholine rings is 1. The molecular formula is C18H21N3O3. The van der Waals surface area contributed by atoms with Gasteiger partial charge in [-0.05, 0) is 30.7 Å². The molecule has 1 saturated heterocycles. The topological polar surface area (TPSA) is 64.5 Å². The molecule has 0 spiro atoms. The van der Waals surface area contributed by atoms with Crippen LogP contribution in [0.5, 0.6) is 5.75 Å². The average Bonchev–Trinajstić information content (AvgIpc) is 2.62. The quantitative estimate of drug-likeness (QED) is 0.858. The summed E-state index contributed by atoms with van der Waals surface area (Å²) in [6.07, 6.45) is 1.90. The van der Waals surface area contributed by atoms with Crippen molar-refractivity contribution in [3.63, 3.8) is 0 Å². The van der Waals surface area contributed by atoms with Gasteiger partial charge in [0.15, 0.2) is 0 Å². The van der Waals surface area contributed by atoms with Crippen LogP contribution in [0.25, 0.3) is 0 Å². The van der Waals surface area contributed by atoms with E-state index in [0.717, 1.165) is 17.0 Å². The van der Waals surface area contributed by atoms with Gasteiger partial charge in [0.25, 0.3) is 0 Å². The summed E-state index contributed by atoms with van der Waals surface area (Å²) in [6, 6.07) is 9.42. The zero-order valence-electron chi connectivity index (χ0n) is 13.9. The van der Waals surface area contributed by atoms with E-state index in [1.54, 1.807) is 13.3 Å². The molecule has 24 heavy (non-hydrogen) atoms. The Kier molecular flexibility index (Phi) is 5.05. The summed E-state index contributed by atoms with van der Waals surface area (Å²) in [4.78, 5) is 22.9. The lowest BCUT2D eigenvalue weighted by atomic mass is 10.1. The first kappa shape index (κ1) is 16.4. The van der Waals surface area contributed by atoms with Crippen LogP contribution in [-0.4, -0.2) is 47.6 Å². The van der Waals surface area contributed by atoms with Gasteiger partial charge in [-0.3, -0.25) is 4.79 Å². The number of methoxy groups -OCH3 is 1. The first-order valence-electron chi connectivity index (χ1n) is 7.97. The number of hydrogen-bond acceptors (Lipinski definition) is 5. The SMILES string of the molecule is COc1ccc(CC(=O)N2CCOC(c3ccnc(C)n3)C2)cc1. The molecule has 3 rings (SSSR count). The molecule has 0 radical (unpaired) electrons. The van der Waals surface area contributed by atoms with E-state index in [1.165, 1.54) is 0 Å². The fraction of sp³-hybridized carbons (Fsp3) is 0.389. The monoisotopic (exact) mass is 327 g/mol. The predicted octanol–water partition coefficient (Wildman–Crippen LogP) is 1.94. The first-order valence-corrected chi connectivity index (χ1v) is 7.97. The van der Waals surface area contributed by atoms with Gasteiger partial charge < -0.3 is 14.4 Å². The van der Waals surface area contributed by atoms with Crippen LogP contribution in [0, 0.1) is 6.92 Å². The Balaban J connectivity index is 1.64. The van der Waals surface area contributed by atoms with Gasteiger partial charge in [-0.1, -0.05) is 12.1 Å². The van der Waals surface area contributed by atoms with Crippen molar-refractivity contribution in [2.45, 2.75) is 19.4 Å². The van der Waals surface area contributed by atoms with Gasteiger partial charge in [0.2, 0.25) is 5.91 Å². The van der Waals surface area contributed by atoms with Gasteiger partial charge in [-0.15, -0.1) is 0 Å². The normalized spacial score (nSPS) is 17.6. The molecular weight excluding hydrogens is 306 g/mol. The van der Waals surface area contributed by atoms with E-state index in [2.05, 4.69) is 9.97 Å². The third kappa shape index (κ3) is 3.89. The van der Waals surface area contributed by atoms with Crippen LogP contribution in [0.4, 0.5) is 0 Å². The smallest absolute Gasteiger partial charge is 0.227 e. The molecule has 0 N–H and O–H groups in total. The van der Waals surface area contributed by atoms with Crippen LogP contribution in [0.15, 0.2) is 36.5 Å². The maximum atomic E-state index is 12.6. The largest absolute Gasteiger partial charge is 0.497 e. The summed E-state index contributed by atoms with van der Waals surface area (Å²) in [7, 11) is 1.63. The van der Waals surface area contributed by atoms with Gasteiger partial charge in [-0.25, -0.2) is 9.97 Å². The number of nitrogens with zero attached hydrogens (tertiary/aromatic N) is 3. The highest BCUT2D eigenvalue weighted by atomic mass is 16.5. The van der Waals surface area contributed by atoms with Gasteiger partial charge in [0, 0.05) is 12.7 Å². The van der Waals surface area contributed by atoms with Gasteiger partial charge in [0.1, 0.15) is 17.7 Å². The minimum Gasteiger partial charge on any atom is -0.497 e. The van der Waals surface area contributed by atoms with Crippen LogP contribution in [0.1, 0.15) is 23.2 Å². The molecule has 1 aromatic carbocycles. The van der Waals surface area contributed by atoms with Crippen molar-refractivity contribution in [3.05, 3.63) is 53.6 Å². The van der Waals surface area contributed by atoms with Crippen molar-refractivity contribution in [3.8, 4) is 5.75 Å². The molecule has 6 heteroatoms. The van der Waals surface area contributed by atoms with Crippen LogP contribution >= 0.6 is 0 Å². The summed E-state index contributed by atoms with van der Waals surface area (Å²) in [6.45, 7) is 3.49. The molecule has 2 aromatic rings. The van der Waals surface area contributed by atoms with Crippen molar-refractivity contribution >= 4 is 5.91 Å². The van der Waals surface area contributed by atoms with Crippen LogP contribution < -0.4 is 4.74 Å². The predicted molar refractivity (Wildman–Crippen MR) is 88.7 cm³/mol. The molecule has 6 nitrogen and oxygen atoms in total. The molecule has 1 aromatic heterocycles. The molecule has 126 valence electrons. The third-order valence-corrected chi connectivity index (χ3v) is 4.06. The maximum Gasteiger partial charge on any atom is 0.227 e. The third-order valence-electron chi connectivity index (χ3n) is 4.06. The van der Waals surface area contributed by atoms with E-state index in [9.17, 15) is 4.79 Å². The lowest BCUT2D eigenvalue weighted by molar-refractivity contribution is -0.138. The Morgan fingerprint density at radius 3 is 2.83 bits per heavy atom. The van der Waals surface area contributed by atoms with Crippen molar-refractivity contribution in [2.75, 3.05) is 26.8 Å². The van der Waals surface area contributed by atoms with E-state index >= 15 is 0 Å². The lowest BCUT2D eigenvalue weighted by Crippen LogP contribution is -2.43. The second-order valence-electron chi connectivity index (χ2n) is 5.75. The number of amides is 1. The number of carbonyl (C=O) groups is 1. The molecule has 0 aliphatic carbocycles. The van der Waals surface area contributed by atoms with Crippen molar-refractivity contribution < 1.29 is 14.3 Å². The van der Waals surface area contributed by atoms with E-state index < -0.39 is 0 Å². The Morgan fingerprint density at radius 2 is 2.12 bits per heavy atom. The first-order chi connectivity index (χ1) is 11.7. The zero-order valence-corrected chi connectivity index (χ0v) is 13.9. The molecule has 0 bridgehead atoms. The fourth-order valence-corrected chi connectivity index (χ4v) is 2.74.